The largest absolute Gasteiger partial charge is 0.369 e. The first-order valence-electron chi connectivity index (χ1n) is 8.67. The number of hydrogen-bond acceptors (Lipinski definition) is 2. The van der Waals surface area contributed by atoms with E-state index in [9.17, 15) is 4.79 Å². The Kier molecular flexibility index (Phi) is 4.88. The van der Waals surface area contributed by atoms with Gasteiger partial charge in [-0.25, -0.2) is 0 Å². The first-order valence-corrected chi connectivity index (χ1v) is 9.84. The average Bonchev–Trinajstić information content (AvgIpc) is 3.16. The molecule has 5 heteroatoms. The van der Waals surface area contributed by atoms with Crippen LogP contribution in [0.4, 0.5) is 11.4 Å². The average molecular weight is 430 g/mol. The second-order valence-electron chi connectivity index (χ2n) is 6.42. The zero-order valence-electron chi connectivity index (χ0n) is 14.1. The first-order chi connectivity index (χ1) is 12.6. The molecular formula is C21H18BrClN2O. The number of benzene rings is 3. The highest BCUT2D eigenvalue weighted by Crippen LogP contribution is 2.36. The number of halogens is 2. The van der Waals surface area contributed by atoms with E-state index in [0.29, 0.717) is 10.6 Å². The summed E-state index contributed by atoms with van der Waals surface area (Å²) in [7, 11) is 0. The monoisotopic (exact) mass is 428 g/mol. The molecule has 3 aromatic carbocycles. The number of carbonyl (C=O) groups excluding carboxylic acids is 1. The molecule has 0 saturated carbocycles. The number of anilines is 2. The lowest BCUT2D eigenvalue weighted by Gasteiger charge is -2.23. The van der Waals surface area contributed by atoms with Crippen molar-refractivity contribution in [2.45, 2.75) is 12.8 Å². The predicted octanol–water partition coefficient (Wildman–Crippen LogP) is 6.11. The highest BCUT2D eigenvalue weighted by Gasteiger charge is 2.20. The number of amides is 1. The summed E-state index contributed by atoms with van der Waals surface area (Å²) in [4.78, 5) is 15.3. The van der Waals surface area contributed by atoms with E-state index < -0.39 is 0 Å². The Labute approximate surface area is 166 Å². The minimum absolute atomic E-state index is 0.128. The molecule has 0 bridgehead atoms. The molecule has 0 aromatic heterocycles. The van der Waals surface area contributed by atoms with E-state index in [2.05, 4.69) is 26.1 Å². The predicted molar refractivity (Wildman–Crippen MR) is 113 cm³/mol. The van der Waals surface area contributed by atoms with Gasteiger partial charge in [-0.1, -0.05) is 57.9 Å². The maximum Gasteiger partial charge on any atom is 0.256 e. The highest BCUT2D eigenvalue weighted by molar-refractivity contribution is 9.10. The number of carbonyl (C=O) groups is 1. The highest BCUT2D eigenvalue weighted by atomic mass is 79.9. The Morgan fingerprint density at radius 3 is 2.46 bits per heavy atom. The summed E-state index contributed by atoms with van der Waals surface area (Å²) in [6, 6.07) is 17.3. The van der Waals surface area contributed by atoms with Crippen molar-refractivity contribution in [1.29, 1.82) is 0 Å². The summed E-state index contributed by atoms with van der Waals surface area (Å²) in [5.41, 5.74) is 2.33. The molecule has 132 valence electrons. The number of rotatable bonds is 3. The van der Waals surface area contributed by atoms with Crippen LogP contribution in [-0.2, 0) is 0 Å². The lowest BCUT2D eigenvalue weighted by Crippen LogP contribution is -2.21. The van der Waals surface area contributed by atoms with Crippen LogP contribution in [0.2, 0.25) is 5.02 Å². The zero-order valence-corrected chi connectivity index (χ0v) is 16.5. The Morgan fingerprint density at radius 1 is 0.962 bits per heavy atom. The molecule has 1 fully saturated rings. The smallest absolute Gasteiger partial charge is 0.256 e. The van der Waals surface area contributed by atoms with Crippen LogP contribution in [0, 0.1) is 0 Å². The van der Waals surface area contributed by atoms with Crippen molar-refractivity contribution < 1.29 is 4.79 Å². The van der Waals surface area contributed by atoms with Crippen LogP contribution in [-0.4, -0.2) is 19.0 Å². The van der Waals surface area contributed by atoms with Gasteiger partial charge in [0.25, 0.3) is 5.91 Å². The molecule has 1 aliphatic heterocycles. The molecule has 1 N–H and O–H groups in total. The topological polar surface area (TPSA) is 32.3 Å². The summed E-state index contributed by atoms with van der Waals surface area (Å²) in [5.74, 6) is -0.128. The molecule has 1 aliphatic rings. The third kappa shape index (κ3) is 3.19. The fourth-order valence-electron chi connectivity index (χ4n) is 3.54. The van der Waals surface area contributed by atoms with Gasteiger partial charge in [0.15, 0.2) is 0 Å². The second kappa shape index (κ2) is 7.29. The van der Waals surface area contributed by atoms with Crippen molar-refractivity contribution in [2.75, 3.05) is 23.3 Å². The quantitative estimate of drug-likeness (QED) is 0.545. The van der Waals surface area contributed by atoms with E-state index in [1.54, 1.807) is 0 Å². The van der Waals surface area contributed by atoms with Gasteiger partial charge in [0, 0.05) is 23.1 Å². The van der Waals surface area contributed by atoms with Crippen LogP contribution in [0.1, 0.15) is 23.2 Å². The molecule has 1 heterocycles. The molecule has 0 unspecified atom stereocenters. The third-order valence-corrected chi connectivity index (χ3v) is 5.77. The number of para-hydroxylation sites is 1. The van der Waals surface area contributed by atoms with Crippen molar-refractivity contribution in [2.24, 2.45) is 0 Å². The van der Waals surface area contributed by atoms with Gasteiger partial charge in [-0.15, -0.1) is 0 Å². The fourth-order valence-corrected chi connectivity index (χ4v) is 4.33. The van der Waals surface area contributed by atoms with Crippen LogP contribution in [0.3, 0.4) is 0 Å². The molecule has 26 heavy (non-hydrogen) atoms. The number of nitrogens with one attached hydrogen (secondary N) is 1. The first kappa shape index (κ1) is 17.4. The van der Waals surface area contributed by atoms with E-state index >= 15 is 0 Å². The van der Waals surface area contributed by atoms with Gasteiger partial charge in [0.2, 0.25) is 0 Å². The molecule has 1 amide bonds. The van der Waals surface area contributed by atoms with Gasteiger partial charge in [-0.2, -0.15) is 0 Å². The van der Waals surface area contributed by atoms with Crippen molar-refractivity contribution in [3.63, 3.8) is 0 Å². The summed E-state index contributed by atoms with van der Waals surface area (Å²) in [6.45, 7) is 1.93. The van der Waals surface area contributed by atoms with Crippen molar-refractivity contribution >= 4 is 55.6 Å². The second-order valence-corrected chi connectivity index (χ2v) is 7.69. The van der Waals surface area contributed by atoms with Gasteiger partial charge < -0.3 is 10.2 Å². The van der Waals surface area contributed by atoms with Crippen LogP contribution in [0.5, 0.6) is 0 Å². The molecule has 0 aliphatic carbocycles. The lowest BCUT2D eigenvalue weighted by molar-refractivity contribution is 0.102. The van der Waals surface area contributed by atoms with Gasteiger partial charge in [0.1, 0.15) is 0 Å². The Morgan fingerprint density at radius 2 is 1.65 bits per heavy atom. The summed E-state index contributed by atoms with van der Waals surface area (Å²) in [5, 5.41) is 5.69. The van der Waals surface area contributed by atoms with Crippen LogP contribution in [0.25, 0.3) is 10.8 Å². The minimum atomic E-state index is -0.128. The lowest BCUT2D eigenvalue weighted by atomic mass is 10.0. The van der Waals surface area contributed by atoms with Crippen LogP contribution >= 0.6 is 27.5 Å². The van der Waals surface area contributed by atoms with Crippen molar-refractivity contribution in [1.82, 2.24) is 0 Å². The molecule has 0 atom stereocenters. The fraction of sp³-hybridized carbons (Fsp3) is 0.190. The van der Waals surface area contributed by atoms with Gasteiger partial charge in [-0.05, 0) is 47.9 Å². The van der Waals surface area contributed by atoms with Gasteiger partial charge in [-0.3, -0.25) is 4.79 Å². The number of nitrogens with zero attached hydrogens (tertiary/aromatic N) is 1. The van der Waals surface area contributed by atoms with Gasteiger partial charge in [0.05, 0.1) is 16.4 Å². The summed E-state index contributed by atoms with van der Waals surface area (Å²) in [6.07, 6.45) is 2.30. The number of hydrogen-bond donors (Lipinski definition) is 1. The van der Waals surface area contributed by atoms with E-state index in [1.165, 1.54) is 0 Å². The maximum absolute atomic E-state index is 13.0. The third-order valence-electron chi connectivity index (χ3n) is 4.77. The Bertz CT molecular complexity index is 983. The standard InChI is InChI=1S/C21H18BrClN2O/c22-17-9-4-6-14-15(17)7-3-8-16(14)21(26)24-19-11-5-10-18(23)20(19)25-12-1-2-13-25/h3-11H,1-2,12-13H2,(H,24,26). The number of fused-ring (bicyclic) bond motifs is 1. The van der Waals surface area contributed by atoms with E-state index in [0.717, 1.165) is 52.6 Å². The Balaban J connectivity index is 1.72. The van der Waals surface area contributed by atoms with Crippen LogP contribution < -0.4 is 10.2 Å². The molecule has 3 nitrogen and oxygen atoms in total. The van der Waals surface area contributed by atoms with E-state index in [4.69, 9.17) is 11.6 Å². The molecule has 4 rings (SSSR count). The normalized spacial score (nSPS) is 14.0. The summed E-state index contributed by atoms with van der Waals surface area (Å²) < 4.78 is 0.977. The SMILES string of the molecule is O=C(Nc1cccc(Cl)c1N1CCCC1)c1cccc2c(Br)cccc12. The molecular weight excluding hydrogens is 412 g/mol. The zero-order chi connectivity index (χ0) is 18.1. The molecule has 3 aromatic rings. The summed E-state index contributed by atoms with van der Waals surface area (Å²) >= 11 is 10.0. The molecule has 0 radical (unpaired) electrons. The molecule has 1 saturated heterocycles. The maximum atomic E-state index is 13.0. The molecule has 0 spiro atoms. The van der Waals surface area contributed by atoms with Crippen molar-refractivity contribution in [3.8, 4) is 0 Å². The van der Waals surface area contributed by atoms with E-state index in [-0.39, 0.29) is 5.91 Å². The van der Waals surface area contributed by atoms with Gasteiger partial charge >= 0.3 is 0 Å². The van der Waals surface area contributed by atoms with Crippen molar-refractivity contribution in [3.05, 3.63) is 69.7 Å². The minimum Gasteiger partial charge on any atom is -0.369 e. The van der Waals surface area contributed by atoms with E-state index in [1.807, 2.05) is 54.6 Å². The van der Waals surface area contributed by atoms with Crippen LogP contribution in [0.15, 0.2) is 59.1 Å². The Hall–Kier alpha value is -2.04.